The monoisotopic (exact) mass is 294 g/mol. The van der Waals surface area contributed by atoms with Gasteiger partial charge in [-0.05, 0) is 36.9 Å². The van der Waals surface area contributed by atoms with Crippen LogP contribution in [0.1, 0.15) is 11.6 Å². The Morgan fingerprint density at radius 3 is 2.67 bits per heavy atom. The second-order valence-corrected chi connectivity index (χ2v) is 5.98. The molecule has 1 heterocycles. The Kier molecular flexibility index (Phi) is 4.53. The molecule has 1 atom stereocenters. The van der Waals surface area contributed by atoms with Gasteiger partial charge in [0.2, 0.25) is 0 Å². The van der Waals surface area contributed by atoms with Crippen molar-refractivity contribution in [3.63, 3.8) is 0 Å². The van der Waals surface area contributed by atoms with Gasteiger partial charge < -0.3 is 5.32 Å². The van der Waals surface area contributed by atoms with Crippen molar-refractivity contribution >= 4 is 22.7 Å². The second kappa shape index (κ2) is 6.74. The van der Waals surface area contributed by atoms with Crippen LogP contribution >= 0.6 is 11.8 Å². The molecule has 3 rings (SSSR count). The van der Waals surface area contributed by atoms with Crippen LogP contribution in [0.25, 0.3) is 10.9 Å². The summed E-state index contributed by atoms with van der Waals surface area (Å²) in [6.45, 7) is 0. The maximum Gasteiger partial charge on any atom is 0.0705 e. The van der Waals surface area contributed by atoms with E-state index in [1.54, 1.807) is 0 Å². The lowest BCUT2D eigenvalue weighted by Gasteiger charge is -2.18. The average Bonchev–Trinajstić information content (AvgIpc) is 2.56. The number of hydrogen-bond donors (Lipinski definition) is 1. The van der Waals surface area contributed by atoms with Crippen LogP contribution in [0.5, 0.6) is 0 Å². The molecule has 2 aromatic carbocycles. The zero-order valence-electron chi connectivity index (χ0n) is 12.0. The summed E-state index contributed by atoms with van der Waals surface area (Å²) < 4.78 is 0. The minimum Gasteiger partial charge on any atom is -0.312 e. The molecule has 21 heavy (non-hydrogen) atoms. The van der Waals surface area contributed by atoms with E-state index in [1.807, 2.05) is 31.1 Å². The van der Waals surface area contributed by atoms with Crippen molar-refractivity contribution in [1.29, 1.82) is 0 Å². The number of rotatable bonds is 5. The lowest BCUT2D eigenvalue weighted by molar-refractivity contribution is 0.666. The molecule has 0 saturated carbocycles. The molecule has 2 nitrogen and oxygen atoms in total. The van der Waals surface area contributed by atoms with E-state index < -0.39 is 0 Å². The first-order valence-electron chi connectivity index (χ1n) is 7.07. The molecule has 1 unspecified atom stereocenters. The quantitative estimate of drug-likeness (QED) is 0.711. The molecule has 1 N–H and O–H groups in total. The summed E-state index contributed by atoms with van der Waals surface area (Å²) in [6, 6.07) is 21.3. The predicted octanol–water partition coefficient (Wildman–Crippen LogP) is 4.29. The van der Waals surface area contributed by atoms with Gasteiger partial charge in [0.1, 0.15) is 0 Å². The number of fused-ring (bicyclic) bond motifs is 1. The van der Waals surface area contributed by atoms with Crippen molar-refractivity contribution in [2.24, 2.45) is 0 Å². The average molecular weight is 294 g/mol. The number of nitrogens with zero attached hydrogens (tertiary/aromatic N) is 1. The van der Waals surface area contributed by atoms with Gasteiger partial charge in [0.25, 0.3) is 0 Å². The zero-order chi connectivity index (χ0) is 14.5. The fraction of sp³-hybridized carbons (Fsp3) is 0.167. The first kappa shape index (κ1) is 14.1. The number of hydrogen-bond acceptors (Lipinski definition) is 3. The fourth-order valence-corrected chi connectivity index (χ4v) is 3.51. The third-order valence-electron chi connectivity index (χ3n) is 3.56. The van der Waals surface area contributed by atoms with Crippen molar-refractivity contribution in [2.45, 2.75) is 10.9 Å². The van der Waals surface area contributed by atoms with Gasteiger partial charge in [-0.1, -0.05) is 36.4 Å². The number of aromatic nitrogens is 1. The summed E-state index contributed by atoms with van der Waals surface area (Å²) in [4.78, 5) is 5.74. The first-order valence-corrected chi connectivity index (χ1v) is 8.06. The van der Waals surface area contributed by atoms with Gasteiger partial charge in [0, 0.05) is 28.3 Å². The molecule has 0 fully saturated rings. The molecule has 1 aromatic heterocycles. The van der Waals surface area contributed by atoms with Crippen molar-refractivity contribution in [1.82, 2.24) is 10.3 Å². The Labute approximate surface area is 129 Å². The summed E-state index contributed by atoms with van der Waals surface area (Å²) in [6.07, 6.45) is 1.85. The summed E-state index contributed by atoms with van der Waals surface area (Å²) in [7, 11) is 2.02. The maximum atomic E-state index is 4.44. The van der Waals surface area contributed by atoms with E-state index >= 15 is 0 Å². The van der Waals surface area contributed by atoms with Crippen molar-refractivity contribution in [3.05, 3.63) is 72.4 Å². The number of nitrogens with one attached hydrogen (secondary N) is 1. The van der Waals surface area contributed by atoms with Crippen molar-refractivity contribution < 1.29 is 0 Å². The molecule has 0 aliphatic carbocycles. The lowest BCUT2D eigenvalue weighted by Crippen LogP contribution is -2.19. The molecule has 0 radical (unpaired) electrons. The Morgan fingerprint density at radius 2 is 1.86 bits per heavy atom. The second-order valence-electron chi connectivity index (χ2n) is 4.88. The molecular formula is C18H18N2S. The molecule has 106 valence electrons. The molecule has 0 aliphatic rings. The number of benzene rings is 2. The van der Waals surface area contributed by atoms with Gasteiger partial charge in [0.15, 0.2) is 0 Å². The minimum absolute atomic E-state index is 0.308. The highest BCUT2D eigenvalue weighted by Crippen LogP contribution is 2.28. The van der Waals surface area contributed by atoms with Crippen LogP contribution in [0.2, 0.25) is 0 Å². The highest BCUT2D eigenvalue weighted by Gasteiger charge is 2.13. The molecule has 3 aromatic rings. The summed E-state index contributed by atoms with van der Waals surface area (Å²) in [5.74, 6) is 0.995. The van der Waals surface area contributed by atoms with Gasteiger partial charge in [-0.15, -0.1) is 11.8 Å². The summed E-state index contributed by atoms with van der Waals surface area (Å²) >= 11 is 1.87. The normalized spacial score (nSPS) is 12.4. The van der Waals surface area contributed by atoms with E-state index in [0.717, 1.165) is 11.3 Å². The largest absolute Gasteiger partial charge is 0.312 e. The SMILES string of the molecule is CNC(CSc1ccccc1)c1cccc2ncccc12. The molecule has 0 bridgehead atoms. The van der Waals surface area contributed by atoms with Crippen LogP contribution in [-0.4, -0.2) is 17.8 Å². The topological polar surface area (TPSA) is 24.9 Å². The van der Waals surface area contributed by atoms with Crippen LogP contribution in [0, 0.1) is 0 Å². The van der Waals surface area contributed by atoms with E-state index in [4.69, 9.17) is 0 Å². The van der Waals surface area contributed by atoms with E-state index in [1.165, 1.54) is 15.8 Å². The van der Waals surface area contributed by atoms with E-state index in [9.17, 15) is 0 Å². The van der Waals surface area contributed by atoms with Crippen LogP contribution in [0.3, 0.4) is 0 Å². The number of thioether (sulfide) groups is 1. The van der Waals surface area contributed by atoms with Gasteiger partial charge in [-0.2, -0.15) is 0 Å². The van der Waals surface area contributed by atoms with Gasteiger partial charge in [-0.3, -0.25) is 4.98 Å². The van der Waals surface area contributed by atoms with Crippen LogP contribution < -0.4 is 5.32 Å². The van der Waals surface area contributed by atoms with Gasteiger partial charge in [-0.25, -0.2) is 0 Å². The summed E-state index contributed by atoms with van der Waals surface area (Å²) in [5.41, 5.74) is 2.37. The molecule has 0 aliphatic heterocycles. The maximum absolute atomic E-state index is 4.44. The third kappa shape index (κ3) is 3.26. The first-order chi connectivity index (χ1) is 10.4. The van der Waals surface area contributed by atoms with Crippen LogP contribution in [0.15, 0.2) is 71.8 Å². The molecular weight excluding hydrogens is 276 g/mol. The smallest absolute Gasteiger partial charge is 0.0705 e. The van der Waals surface area contributed by atoms with Crippen LogP contribution in [-0.2, 0) is 0 Å². The fourth-order valence-electron chi connectivity index (χ4n) is 2.46. The van der Waals surface area contributed by atoms with Crippen molar-refractivity contribution in [3.8, 4) is 0 Å². The lowest BCUT2D eigenvalue weighted by atomic mass is 10.0. The Morgan fingerprint density at radius 1 is 1.00 bits per heavy atom. The minimum atomic E-state index is 0.308. The van der Waals surface area contributed by atoms with Crippen LogP contribution in [0.4, 0.5) is 0 Å². The molecule has 0 spiro atoms. The van der Waals surface area contributed by atoms with E-state index in [0.29, 0.717) is 6.04 Å². The Bertz CT molecular complexity index is 707. The highest BCUT2D eigenvalue weighted by molar-refractivity contribution is 7.99. The van der Waals surface area contributed by atoms with Gasteiger partial charge in [0.05, 0.1) is 5.52 Å². The molecule has 3 heteroatoms. The van der Waals surface area contributed by atoms with Gasteiger partial charge >= 0.3 is 0 Å². The Balaban J connectivity index is 1.85. The standard InChI is InChI=1S/C18H18N2S/c1-19-18(13-21-14-7-3-2-4-8-14)16-9-5-11-17-15(16)10-6-12-20-17/h2-12,18-19H,13H2,1H3. The third-order valence-corrected chi connectivity index (χ3v) is 4.67. The molecule has 0 amide bonds. The predicted molar refractivity (Wildman–Crippen MR) is 90.7 cm³/mol. The highest BCUT2D eigenvalue weighted by atomic mass is 32.2. The van der Waals surface area contributed by atoms with E-state index in [-0.39, 0.29) is 0 Å². The molecule has 0 saturated heterocycles. The van der Waals surface area contributed by atoms with Crippen molar-refractivity contribution in [2.75, 3.05) is 12.8 Å². The zero-order valence-corrected chi connectivity index (χ0v) is 12.8. The summed E-state index contributed by atoms with van der Waals surface area (Å²) in [5, 5.41) is 4.66. The van der Waals surface area contributed by atoms with E-state index in [2.05, 4.69) is 64.9 Å². The number of pyridine rings is 1. The Hall–Kier alpha value is -1.84.